The number of rotatable bonds is 5. The second kappa shape index (κ2) is 8.44. The van der Waals surface area contributed by atoms with Gasteiger partial charge in [-0.3, -0.25) is 9.93 Å². The van der Waals surface area contributed by atoms with E-state index in [4.69, 9.17) is 10.9 Å². The molecule has 1 amide bonds. The molecule has 11 heteroatoms. The van der Waals surface area contributed by atoms with Crippen molar-refractivity contribution in [1.29, 1.82) is 0 Å². The molecule has 3 aromatic heterocycles. The van der Waals surface area contributed by atoms with Crippen LogP contribution >= 0.6 is 11.9 Å². The predicted octanol–water partition coefficient (Wildman–Crippen LogP) is 2.98. The van der Waals surface area contributed by atoms with Gasteiger partial charge in [0.05, 0.1) is 17.6 Å². The fraction of sp³-hybridized carbons (Fsp3) is 0.143. The Hall–Kier alpha value is -3.70. The summed E-state index contributed by atoms with van der Waals surface area (Å²) in [5.41, 5.74) is 9.45. The van der Waals surface area contributed by atoms with Gasteiger partial charge in [0.2, 0.25) is 0 Å². The lowest BCUT2D eigenvalue weighted by Crippen LogP contribution is -2.17. The van der Waals surface area contributed by atoms with Gasteiger partial charge in [-0.25, -0.2) is 18.9 Å². The quantitative estimate of drug-likeness (QED) is 0.314. The van der Waals surface area contributed by atoms with Gasteiger partial charge in [0.1, 0.15) is 22.2 Å². The van der Waals surface area contributed by atoms with Crippen molar-refractivity contribution in [2.45, 2.75) is 13.8 Å². The maximum absolute atomic E-state index is 13.4. The molecule has 3 heterocycles. The average molecular weight is 453 g/mol. The Morgan fingerprint density at radius 1 is 1.16 bits per heavy atom. The normalized spacial score (nSPS) is 12.2. The molecule has 0 bridgehead atoms. The molecule has 0 aliphatic carbocycles. The molecule has 5 N–H and O–H groups in total. The van der Waals surface area contributed by atoms with E-state index in [1.807, 2.05) is 24.6 Å². The molecule has 1 aromatic carbocycles. The number of amides is 1. The number of hydrogen-bond donors (Lipinski definition) is 3. The third-order valence-corrected chi connectivity index (χ3v) is 5.67. The molecule has 0 fully saturated rings. The Morgan fingerprint density at radius 2 is 1.88 bits per heavy atom. The average Bonchev–Trinajstić information content (AvgIpc) is 3.28. The number of nitrogens with two attached hydrogens (primary N) is 2. The van der Waals surface area contributed by atoms with Crippen LogP contribution < -0.4 is 16.2 Å². The van der Waals surface area contributed by atoms with Gasteiger partial charge in [-0.1, -0.05) is 0 Å². The molecule has 164 valence electrons. The third-order valence-electron chi connectivity index (χ3n) is 4.92. The van der Waals surface area contributed by atoms with E-state index >= 15 is 0 Å². The van der Waals surface area contributed by atoms with Crippen molar-refractivity contribution in [3.8, 4) is 22.6 Å². The first kappa shape index (κ1) is 21.5. The zero-order chi connectivity index (χ0) is 23.0. The summed E-state index contributed by atoms with van der Waals surface area (Å²) >= 11 is 0.775. The van der Waals surface area contributed by atoms with Gasteiger partial charge in [0, 0.05) is 18.3 Å². The predicted molar refractivity (Wildman–Crippen MR) is 123 cm³/mol. The highest BCUT2D eigenvalue weighted by molar-refractivity contribution is 8.01. The molecule has 0 atom stereocenters. The van der Waals surface area contributed by atoms with E-state index in [1.165, 1.54) is 12.1 Å². The third kappa shape index (κ3) is 3.95. The summed E-state index contributed by atoms with van der Waals surface area (Å²) in [5.74, 6) is 0.344. The molecule has 0 aliphatic rings. The first-order valence-electron chi connectivity index (χ1n) is 9.59. The van der Waals surface area contributed by atoms with Gasteiger partial charge in [0.15, 0.2) is 11.5 Å². The lowest BCUT2D eigenvalue weighted by Gasteiger charge is -2.07. The highest BCUT2D eigenvalue weighted by Gasteiger charge is 2.19. The summed E-state index contributed by atoms with van der Waals surface area (Å²) in [5, 5.41) is 12.9. The number of hydrogen-bond acceptors (Lipinski definition) is 7. The van der Waals surface area contributed by atoms with Crippen molar-refractivity contribution in [3.63, 3.8) is 0 Å². The Labute approximate surface area is 187 Å². The topological polar surface area (TPSA) is 129 Å². The standard InChI is InChI=1S/C21H21FN8OS/c1-11(23)20(32-24)21(31)27-16-10-30-17(26-16)9-8-15(28-30)19-18(25-12(2)29(19)3)13-4-6-14(22)7-5-13/h4-10H,23-24H2,1-3H3,(H,27,31)/b20-11-. The molecular weight excluding hydrogens is 431 g/mol. The second-order valence-corrected chi connectivity index (χ2v) is 7.80. The van der Waals surface area contributed by atoms with Crippen LogP contribution in [0.5, 0.6) is 0 Å². The fourth-order valence-corrected chi connectivity index (χ4v) is 3.62. The molecule has 4 aromatic rings. The number of nitrogens with zero attached hydrogens (tertiary/aromatic N) is 5. The number of aryl methyl sites for hydroxylation is 1. The van der Waals surface area contributed by atoms with E-state index in [-0.39, 0.29) is 10.7 Å². The zero-order valence-electron chi connectivity index (χ0n) is 17.6. The molecule has 4 rings (SSSR count). The minimum absolute atomic E-state index is 0.213. The monoisotopic (exact) mass is 452 g/mol. The minimum Gasteiger partial charge on any atom is -0.401 e. The second-order valence-electron chi connectivity index (χ2n) is 7.15. The summed E-state index contributed by atoms with van der Waals surface area (Å²) in [6, 6.07) is 9.78. The van der Waals surface area contributed by atoms with E-state index in [0.29, 0.717) is 28.5 Å². The maximum atomic E-state index is 13.4. The van der Waals surface area contributed by atoms with Crippen molar-refractivity contribution in [1.82, 2.24) is 24.1 Å². The minimum atomic E-state index is -0.443. The highest BCUT2D eigenvalue weighted by Crippen LogP contribution is 2.31. The van der Waals surface area contributed by atoms with Gasteiger partial charge >= 0.3 is 0 Å². The number of benzene rings is 1. The van der Waals surface area contributed by atoms with Crippen LogP contribution in [0.1, 0.15) is 12.7 Å². The Kier molecular flexibility index (Phi) is 5.68. The van der Waals surface area contributed by atoms with E-state index < -0.39 is 5.91 Å². The number of fused-ring (bicyclic) bond motifs is 1. The molecule has 0 saturated heterocycles. The summed E-state index contributed by atoms with van der Waals surface area (Å²) in [4.78, 5) is 21.6. The van der Waals surface area contributed by atoms with E-state index in [2.05, 4.69) is 20.4 Å². The Balaban J connectivity index is 1.74. The van der Waals surface area contributed by atoms with Crippen LogP contribution in [0.4, 0.5) is 10.2 Å². The first-order valence-corrected chi connectivity index (χ1v) is 10.5. The van der Waals surface area contributed by atoms with Crippen molar-refractivity contribution in [3.05, 3.63) is 64.8 Å². The highest BCUT2D eigenvalue weighted by atomic mass is 32.2. The number of halogens is 1. The maximum Gasteiger partial charge on any atom is 0.266 e. The first-order chi connectivity index (χ1) is 15.3. The van der Waals surface area contributed by atoms with Crippen molar-refractivity contribution in [2.75, 3.05) is 5.32 Å². The Morgan fingerprint density at radius 3 is 2.53 bits per heavy atom. The lowest BCUT2D eigenvalue weighted by atomic mass is 10.1. The van der Waals surface area contributed by atoms with Gasteiger partial charge in [-0.05, 0) is 62.2 Å². The van der Waals surface area contributed by atoms with Crippen LogP contribution in [0.15, 0.2) is 53.2 Å². The van der Waals surface area contributed by atoms with Crippen LogP contribution in [0.25, 0.3) is 28.3 Å². The number of anilines is 1. The van der Waals surface area contributed by atoms with Crippen molar-refractivity contribution < 1.29 is 9.18 Å². The SMILES string of the molecule is C/C(N)=C(/SN)C(=O)Nc1cn2nc(-c3c(-c4ccc(F)cc4)nc(C)n3C)ccc2n1. The van der Waals surface area contributed by atoms with Crippen LogP contribution in [0.2, 0.25) is 0 Å². The molecule has 0 saturated carbocycles. The van der Waals surface area contributed by atoms with Gasteiger partial charge in [-0.15, -0.1) is 0 Å². The van der Waals surface area contributed by atoms with Crippen LogP contribution in [0, 0.1) is 12.7 Å². The molecule has 0 radical (unpaired) electrons. The van der Waals surface area contributed by atoms with Gasteiger partial charge in [0.25, 0.3) is 5.91 Å². The summed E-state index contributed by atoms with van der Waals surface area (Å²) in [6.07, 6.45) is 1.60. The molecule has 0 spiro atoms. The summed E-state index contributed by atoms with van der Waals surface area (Å²) in [6.45, 7) is 3.49. The number of nitrogens with one attached hydrogen (secondary N) is 1. The molecule has 9 nitrogen and oxygen atoms in total. The molecule has 0 unspecified atom stereocenters. The van der Waals surface area contributed by atoms with Crippen LogP contribution in [-0.2, 0) is 11.8 Å². The van der Waals surface area contributed by atoms with Gasteiger partial charge in [-0.2, -0.15) is 5.10 Å². The number of aromatic nitrogens is 5. The fourth-order valence-electron chi connectivity index (χ4n) is 3.28. The number of imidazole rings is 2. The summed E-state index contributed by atoms with van der Waals surface area (Å²) < 4.78 is 16.9. The number of allylic oxidation sites excluding steroid dienone is 1. The van der Waals surface area contributed by atoms with Gasteiger partial charge < -0.3 is 15.6 Å². The molecule has 32 heavy (non-hydrogen) atoms. The lowest BCUT2D eigenvalue weighted by molar-refractivity contribution is -0.112. The molecular formula is C21H21FN8OS. The smallest absolute Gasteiger partial charge is 0.266 e. The number of carbonyl (C=O) groups is 1. The van der Waals surface area contributed by atoms with Crippen molar-refractivity contribution in [2.24, 2.45) is 17.9 Å². The van der Waals surface area contributed by atoms with Crippen LogP contribution in [-0.4, -0.2) is 30.1 Å². The summed E-state index contributed by atoms with van der Waals surface area (Å²) in [7, 11) is 1.89. The largest absolute Gasteiger partial charge is 0.401 e. The van der Waals surface area contributed by atoms with E-state index in [0.717, 1.165) is 29.0 Å². The Bertz CT molecular complexity index is 1350. The van der Waals surface area contributed by atoms with E-state index in [9.17, 15) is 9.18 Å². The van der Waals surface area contributed by atoms with Crippen molar-refractivity contribution >= 4 is 29.3 Å². The van der Waals surface area contributed by atoms with E-state index in [1.54, 1.807) is 35.8 Å². The molecule has 0 aliphatic heterocycles. The van der Waals surface area contributed by atoms with Crippen LogP contribution in [0.3, 0.4) is 0 Å². The number of carbonyl (C=O) groups excluding carboxylic acids is 1. The zero-order valence-corrected chi connectivity index (χ0v) is 18.4.